The average molecular weight is 1200 g/mol. The van der Waals surface area contributed by atoms with Gasteiger partial charge in [-0.2, -0.15) is 0 Å². The first kappa shape index (κ1) is 62.8. The third kappa shape index (κ3) is 13.7. The highest BCUT2D eigenvalue weighted by Gasteiger charge is 2.49. The fourth-order valence-corrected chi connectivity index (χ4v) is 8.96. The Labute approximate surface area is 479 Å². The third-order valence-electron chi connectivity index (χ3n) is 13.6. The maximum Gasteiger partial charge on any atom is 0.510 e. The molecule has 3 aromatic carbocycles. The lowest BCUT2D eigenvalue weighted by atomic mass is 9.99. The number of fused-ring (bicyclic) bond motifs is 1. The number of esters is 2. The van der Waals surface area contributed by atoms with Gasteiger partial charge in [0, 0.05) is 23.8 Å². The van der Waals surface area contributed by atoms with Crippen LogP contribution in [0.4, 0.5) is 0 Å². The molecule has 460 valence electrons. The lowest BCUT2D eigenvalue weighted by molar-refractivity contribution is -0.278. The van der Waals surface area contributed by atoms with Crippen LogP contribution in [0.1, 0.15) is 11.1 Å². The fraction of sp³-hybridized carbons (Fsp3) is 0.400. The number of phenolic OH excluding ortho intramolecular Hbond substituents is 4. The van der Waals surface area contributed by atoms with Gasteiger partial charge in [-0.1, -0.05) is 0 Å². The molecule has 0 bridgehead atoms. The number of methoxy groups -OCH3 is 4. The molecular weight excluding hydrogens is 1140 g/mol. The summed E-state index contributed by atoms with van der Waals surface area (Å²) in [5.74, 6) is -6.68. The van der Waals surface area contributed by atoms with Crippen molar-refractivity contribution in [1.29, 1.82) is 0 Å². The van der Waals surface area contributed by atoms with Gasteiger partial charge >= 0.3 is 11.9 Å². The molecule has 30 nitrogen and oxygen atoms in total. The van der Waals surface area contributed by atoms with E-state index in [4.69, 9.17) is 61.3 Å². The Balaban J connectivity index is 1.06. The molecule has 3 aromatic rings. The molecule has 30 heteroatoms. The van der Waals surface area contributed by atoms with E-state index in [-0.39, 0.29) is 51.4 Å². The summed E-state index contributed by atoms with van der Waals surface area (Å²) < 4.78 is 71.7. The van der Waals surface area contributed by atoms with E-state index in [1.165, 1.54) is 64.9 Å². The van der Waals surface area contributed by atoms with E-state index in [1.54, 1.807) is 0 Å². The van der Waals surface area contributed by atoms with Crippen molar-refractivity contribution >= 4 is 24.1 Å². The van der Waals surface area contributed by atoms with Crippen LogP contribution in [0.5, 0.6) is 63.2 Å². The Morgan fingerprint density at radius 1 is 0.518 bits per heavy atom. The van der Waals surface area contributed by atoms with E-state index in [0.29, 0.717) is 11.1 Å². The molecule has 4 heterocycles. The molecule has 4 aliphatic heterocycles. The number of phenols is 4. The highest BCUT2D eigenvalue weighted by atomic mass is 16.7. The average Bonchev–Trinajstić information content (AvgIpc) is 1.91. The number of ether oxygens (including phenoxy) is 12. The molecule has 85 heavy (non-hydrogen) atoms. The molecule has 3 fully saturated rings. The topological polar surface area (TPSA) is 463 Å². The van der Waals surface area contributed by atoms with Crippen LogP contribution in [0.3, 0.4) is 0 Å². The number of carbonyl (C=O) groups excluding carboxylic acids is 2. The Morgan fingerprint density at radius 2 is 0.976 bits per heavy atom. The van der Waals surface area contributed by atoms with Gasteiger partial charge in [-0.15, -0.1) is 0 Å². The number of hydrogen-bond acceptors (Lipinski definition) is 29. The maximum absolute atomic E-state index is 13.9. The second kappa shape index (κ2) is 26.8. The Kier molecular flexibility index (Phi) is 19.8. The van der Waals surface area contributed by atoms with Crippen molar-refractivity contribution in [2.75, 3.05) is 48.3 Å². The molecular formula is C55H61O30+. The zero-order chi connectivity index (χ0) is 61.7. The minimum Gasteiger partial charge on any atom is -0.504 e. The first-order valence-corrected chi connectivity index (χ1v) is 25.5. The largest absolute Gasteiger partial charge is 0.510 e. The second-order valence-electron chi connectivity index (χ2n) is 19.2. The van der Waals surface area contributed by atoms with Crippen molar-refractivity contribution in [3.05, 3.63) is 88.1 Å². The van der Waals surface area contributed by atoms with Crippen LogP contribution >= 0.6 is 0 Å². The molecule has 0 aromatic heterocycles. The number of aromatic hydroxyl groups is 4. The fourth-order valence-electron chi connectivity index (χ4n) is 8.96. The summed E-state index contributed by atoms with van der Waals surface area (Å²) in [5.41, 5.74) is -0.834. The van der Waals surface area contributed by atoms with Crippen LogP contribution in [-0.4, -0.2) is 229 Å². The molecule has 15 N–H and O–H groups in total. The predicted molar refractivity (Wildman–Crippen MR) is 284 cm³/mol. The quantitative estimate of drug-likeness (QED) is 0.0179. The van der Waals surface area contributed by atoms with Gasteiger partial charge in [-0.05, 0) is 65.7 Å². The summed E-state index contributed by atoms with van der Waals surface area (Å²) in [6, 6.07) is 10.4. The summed E-state index contributed by atoms with van der Waals surface area (Å²) in [6.07, 6.45) is -23.5. The van der Waals surface area contributed by atoms with Crippen molar-refractivity contribution < 1.29 is 142 Å². The molecule has 0 amide bonds. The summed E-state index contributed by atoms with van der Waals surface area (Å²) in [4.78, 5) is 37.3. The van der Waals surface area contributed by atoms with Gasteiger partial charge < -0.3 is 138 Å². The van der Waals surface area contributed by atoms with Gasteiger partial charge in [0.2, 0.25) is 42.7 Å². The predicted octanol–water partition coefficient (Wildman–Crippen LogP) is -1.69. The number of rotatable bonds is 20. The second-order valence-corrected chi connectivity index (χ2v) is 19.2. The standard InChI is InChI=1S/C55H60O30/c1-73-29-9-21(10-30(74-2)41(29)62)5-7-38(59)77-19-36-44(65)47(68)49(70)53(84-36)79-24-15-26(57)25-17-34(82-55-50(71)46(67)43(64)35(18-56)83-55)52(80-28(25)16-24)23-13-27(58)40(61)33(14-23)81-54-51(72)48(69)45(66)37(85-54)20-78-39(60)8-6-22-11-31(75-3)42(63)32(12-22)76-4/h5-17,35-37,43-51,53-56,58,61-72H,18-20H2,1-4H3/p+1/t35-,36-,37-,43-,44-,45-,46+,47+,48+,49-,50-,51-,53-,54-,55-/m1/s1. The molecule has 8 rings (SSSR count). The van der Waals surface area contributed by atoms with E-state index >= 15 is 0 Å². The van der Waals surface area contributed by atoms with Gasteiger partial charge in [-0.3, -0.25) is 4.79 Å². The van der Waals surface area contributed by atoms with Crippen molar-refractivity contribution in [2.24, 2.45) is 0 Å². The monoisotopic (exact) mass is 1200 g/mol. The van der Waals surface area contributed by atoms with Gasteiger partial charge in [0.05, 0.1) is 46.7 Å². The summed E-state index contributed by atoms with van der Waals surface area (Å²) in [7, 11) is 5.22. The van der Waals surface area contributed by atoms with Gasteiger partial charge in [0.1, 0.15) is 85.3 Å². The summed E-state index contributed by atoms with van der Waals surface area (Å²) in [6.45, 7) is -2.31. The first-order valence-electron chi connectivity index (χ1n) is 25.5. The zero-order valence-corrected chi connectivity index (χ0v) is 45.1. The number of aliphatic hydroxyl groups is 10. The lowest BCUT2D eigenvalue weighted by Gasteiger charge is -2.40. The zero-order valence-electron chi connectivity index (χ0n) is 45.1. The number of hydrogen-bond donors (Lipinski definition) is 14. The molecule has 3 saturated heterocycles. The molecule has 5 aliphatic rings. The third-order valence-corrected chi connectivity index (χ3v) is 13.6. The van der Waals surface area contributed by atoms with Crippen LogP contribution in [0.25, 0.3) is 34.8 Å². The van der Waals surface area contributed by atoms with Crippen LogP contribution in [-0.2, 0) is 28.5 Å². The Hall–Kier alpha value is -8.21. The van der Waals surface area contributed by atoms with E-state index < -0.39 is 164 Å². The Morgan fingerprint density at radius 3 is 1.48 bits per heavy atom. The SMILES string of the molecule is COc1cc(C=CC(=O)OC[C@H]2O[C@@H](Oc3cc(-c4oc5cc(O[C@@H]6O[C@H](COC(=[OH+])C=Cc7cc(OC)c(O)c(OC)c7)[C@@H](O)[C@H](O)[C@H]6O)cc(=O)c-5cc4O[C@@H]4O[C@H](CO)[C@@H](O)[C@H](O)[C@H]4O)cc(O)c3O)[C@H](O)[C@@H](O)[C@@H]2O)cc(OC)c1O. The van der Waals surface area contributed by atoms with Crippen molar-refractivity contribution in [3.63, 3.8) is 0 Å². The minimum atomic E-state index is -2.10. The Bertz CT molecular complexity index is 3220. The van der Waals surface area contributed by atoms with Crippen molar-refractivity contribution in [1.82, 2.24) is 0 Å². The number of carbonyl (C=O) groups is 1. The molecule has 0 unspecified atom stereocenters. The van der Waals surface area contributed by atoms with E-state index in [2.05, 4.69) is 0 Å². The maximum atomic E-state index is 13.9. The van der Waals surface area contributed by atoms with Crippen molar-refractivity contribution in [3.8, 4) is 85.9 Å². The smallest absolute Gasteiger partial charge is 0.504 e. The summed E-state index contributed by atoms with van der Waals surface area (Å²) >= 11 is 0. The van der Waals surface area contributed by atoms with Crippen LogP contribution < -0.4 is 38.6 Å². The first-order chi connectivity index (χ1) is 40.5. The van der Waals surface area contributed by atoms with Gasteiger partial charge in [-0.25, -0.2) is 4.79 Å². The van der Waals surface area contributed by atoms with Crippen LogP contribution in [0, 0.1) is 0 Å². The van der Waals surface area contributed by atoms with E-state index in [9.17, 15) is 85.9 Å². The molecule has 15 atom stereocenters. The normalized spacial score (nSPS) is 27.8. The highest BCUT2D eigenvalue weighted by molar-refractivity contribution is 5.88. The lowest BCUT2D eigenvalue weighted by Crippen LogP contribution is -2.60. The molecule has 0 radical (unpaired) electrons. The highest BCUT2D eigenvalue weighted by Crippen LogP contribution is 2.46. The van der Waals surface area contributed by atoms with Crippen LogP contribution in [0.2, 0.25) is 0 Å². The van der Waals surface area contributed by atoms with Gasteiger partial charge in [0.25, 0.3) is 0 Å². The minimum absolute atomic E-state index is 0.0285. The molecule has 1 aliphatic carbocycles. The van der Waals surface area contributed by atoms with Crippen molar-refractivity contribution in [2.45, 2.75) is 92.1 Å². The number of benzene rings is 4. The molecule has 0 spiro atoms. The summed E-state index contributed by atoms with van der Waals surface area (Å²) in [5, 5.41) is 150. The van der Waals surface area contributed by atoms with Gasteiger partial charge in [0.15, 0.2) is 57.5 Å². The van der Waals surface area contributed by atoms with E-state index in [0.717, 1.165) is 42.5 Å². The number of aliphatic hydroxyl groups excluding tert-OH is 10. The van der Waals surface area contributed by atoms with E-state index in [1.807, 2.05) is 0 Å². The molecule has 0 saturated carbocycles. The van der Waals surface area contributed by atoms with Crippen LogP contribution in [0.15, 0.2) is 76.0 Å².